The van der Waals surface area contributed by atoms with E-state index < -0.39 is 25.1 Å². The van der Waals surface area contributed by atoms with Crippen molar-refractivity contribution in [3.05, 3.63) is 29.3 Å². The van der Waals surface area contributed by atoms with Crippen LogP contribution in [0.1, 0.15) is 30.8 Å². The molecule has 0 spiro atoms. The van der Waals surface area contributed by atoms with Crippen molar-refractivity contribution in [2.24, 2.45) is 5.73 Å². The average molecular weight is 341 g/mol. The number of hydrogen-bond acceptors (Lipinski definition) is 5. The first-order valence-corrected chi connectivity index (χ1v) is 8.20. The number of ether oxygens (including phenoxy) is 1. The number of rotatable bonds is 7. The Balaban J connectivity index is 3.27. The summed E-state index contributed by atoms with van der Waals surface area (Å²) in [5.41, 5.74) is 5.15. The van der Waals surface area contributed by atoms with E-state index in [1.807, 2.05) is 0 Å². The summed E-state index contributed by atoms with van der Waals surface area (Å²) < 4.78 is 65.9. The molecule has 22 heavy (non-hydrogen) atoms. The van der Waals surface area contributed by atoms with Crippen LogP contribution in [0.4, 0.5) is 13.2 Å². The highest BCUT2D eigenvalue weighted by molar-refractivity contribution is 7.54. The molecule has 1 aromatic rings. The van der Waals surface area contributed by atoms with Crippen LogP contribution < -0.4 is 10.5 Å². The molecule has 9 heteroatoms. The quantitative estimate of drug-likeness (QED) is 0.761. The highest BCUT2D eigenvalue weighted by Gasteiger charge is 2.37. The fourth-order valence-electron chi connectivity index (χ4n) is 1.86. The van der Waals surface area contributed by atoms with Crippen LogP contribution in [0.2, 0.25) is 0 Å². The fourth-order valence-corrected chi connectivity index (χ4v) is 3.53. The zero-order chi connectivity index (χ0) is 17.0. The molecule has 0 unspecified atom stereocenters. The van der Waals surface area contributed by atoms with E-state index in [4.69, 9.17) is 19.5 Å². The Morgan fingerprint density at radius 2 is 1.77 bits per heavy atom. The SMILES string of the molecule is CCOP(=O)(OCC)[C@H](N)c1ccc(C(F)(F)F)cc1OC. The Morgan fingerprint density at radius 1 is 1.23 bits per heavy atom. The maximum atomic E-state index is 12.7. The van der Waals surface area contributed by atoms with Gasteiger partial charge in [0.05, 0.1) is 25.9 Å². The third kappa shape index (κ3) is 4.23. The van der Waals surface area contributed by atoms with Gasteiger partial charge in [-0.3, -0.25) is 4.57 Å². The van der Waals surface area contributed by atoms with Crippen LogP contribution in [0.5, 0.6) is 5.75 Å². The first kappa shape index (κ1) is 19.0. The Bertz CT molecular complexity index is 541. The van der Waals surface area contributed by atoms with Crippen molar-refractivity contribution in [2.45, 2.75) is 25.8 Å². The molecule has 0 fully saturated rings. The van der Waals surface area contributed by atoms with Gasteiger partial charge in [0.15, 0.2) is 0 Å². The van der Waals surface area contributed by atoms with E-state index >= 15 is 0 Å². The first-order valence-electron chi connectivity index (χ1n) is 6.59. The van der Waals surface area contributed by atoms with E-state index in [1.165, 1.54) is 7.11 Å². The molecular weight excluding hydrogens is 322 g/mol. The lowest BCUT2D eigenvalue weighted by Gasteiger charge is -2.25. The summed E-state index contributed by atoms with van der Waals surface area (Å²) in [6.45, 7) is 3.41. The predicted octanol–water partition coefficient (Wildman–Crippen LogP) is 3.94. The van der Waals surface area contributed by atoms with Crippen LogP contribution in [-0.4, -0.2) is 20.3 Å². The summed E-state index contributed by atoms with van der Waals surface area (Å²) in [7, 11) is -2.51. The van der Waals surface area contributed by atoms with Gasteiger partial charge in [0.2, 0.25) is 0 Å². The normalized spacial score (nSPS) is 14.0. The lowest BCUT2D eigenvalue weighted by molar-refractivity contribution is -0.137. The predicted molar refractivity (Wildman–Crippen MR) is 75.8 cm³/mol. The van der Waals surface area contributed by atoms with Gasteiger partial charge in [-0.05, 0) is 26.0 Å². The third-order valence-corrected chi connectivity index (χ3v) is 5.03. The van der Waals surface area contributed by atoms with Gasteiger partial charge < -0.3 is 19.5 Å². The zero-order valence-electron chi connectivity index (χ0n) is 12.5. The number of benzene rings is 1. The number of alkyl halides is 3. The highest BCUT2D eigenvalue weighted by atomic mass is 31.2. The Labute approximate surface area is 127 Å². The van der Waals surface area contributed by atoms with Crippen molar-refractivity contribution < 1.29 is 31.5 Å². The lowest BCUT2D eigenvalue weighted by Crippen LogP contribution is -2.16. The molecule has 2 N–H and O–H groups in total. The first-order chi connectivity index (χ1) is 10.2. The molecule has 1 aromatic carbocycles. The summed E-state index contributed by atoms with van der Waals surface area (Å²) in [5, 5.41) is 0. The Hall–Kier alpha value is -1.08. The van der Waals surface area contributed by atoms with Crippen LogP contribution >= 0.6 is 7.60 Å². The summed E-state index contributed by atoms with van der Waals surface area (Å²) in [5.74, 6) is -1.37. The van der Waals surface area contributed by atoms with Gasteiger partial charge in [-0.15, -0.1) is 0 Å². The molecule has 0 aromatic heterocycles. The van der Waals surface area contributed by atoms with Gasteiger partial charge >= 0.3 is 13.8 Å². The molecule has 0 radical (unpaired) electrons. The third-order valence-electron chi connectivity index (χ3n) is 2.84. The van der Waals surface area contributed by atoms with Gasteiger partial charge in [0.25, 0.3) is 0 Å². The molecule has 0 amide bonds. The number of hydrogen-bond donors (Lipinski definition) is 1. The van der Waals surface area contributed by atoms with Crippen LogP contribution in [0.3, 0.4) is 0 Å². The van der Waals surface area contributed by atoms with Gasteiger partial charge in [0.1, 0.15) is 11.5 Å². The van der Waals surface area contributed by atoms with Crippen LogP contribution in [0, 0.1) is 0 Å². The minimum atomic E-state index is -4.51. The largest absolute Gasteiger partial charge is 0.496 e. The molecule has 0 bridgehead atoms. The van der Waals surface area contributed by atoms with E-state index in [9.17, 15) is 17.7 Å². The lowest BCUT2D eigenvalue weighted by atomic mass is 10.1. The average Bonchev–Trinajstić information content (AvgIpc) is 2.45. The number of methoxy groups -OCH3 is 1. The molecule has 0 heterocycles. The molecule has 1 rings (SSSR count). The van der Waals surface area contributed by atoms with E-state index in [-0.39, 0.29) is 24.5 Å². The van der Waals surface area contributed by atoms with Crippen molar-refractivity contribution in [3.8, 4) is 5.75 Å². The van der Waals surface area contributed by atoms with Crippen molar-refractivity contribution in [1.29, 1.82) is 0 Å². The molecule has 0 saturated carbocycles. The van der Waals surface area contributed by atoms with E-state index in [1.54, 1.807) is 13.8 Å². The van der Waals surface area contributed by atoms with Crippen molar-refractivity contribution in [1.82, 2.24) is 0 Å². The maximum Gasteiger partial charge on any atom is 0.416 e. The summed E-state index contributed by atoms with van der Waals surface area (Å²) in [6, 6.07) is 2.77. The number of nitrogens with two attached hydrogens (primary N) is 1. The maximum absolute atomic E-state index is 12.7. The van der Waals surface area contributed by atoms with Crippen molar-refractivity contribution >= 4 is 7.60 Å². The van der Waals surface area contributed by atoms with E-state index in [0.717, 1.165) is 18.2 Å². The smallest absolute Gasteiger partial charge is 0.416 e. The summed E-state index contributed by atoms with van der Waals surface area (Å²) in [4.78, 5) is 0. The molecule has 126 valence electrons. The van der Waals surface area contributed by atoms with Gasteiger partial charge in [-0.25, -0.2) is 0 Å². The molecule has 0 saturated heterocycles. The Kier molecular flexibility index (Phi) is 6.43. The monoisotopic (exact) mass is 341 g/mol. The van der Waals surface area contributed by atoms with Gasteiger partial charge in [-0.2, -0.15) is 13.2 Å². The zero-order valence-corrected chi connectivity index (χ0v) is 13.4. The molecule has 0 aliphatic rings. The standard InChI is InChI=1S/C13H19F3NO4P/c1-4-20-22(18,21-5-2)12(17)10-7-6-9(13(14,15)16)8-11(10)19-3/h6-8,12H,4-5,17H2,1-3H3/t12-/m0/s1. The molecule has 0 aliphatic carbocycles. The summed E-state index contributed by atoms with van der Waals surface area (Å²) >= 11 is 0. The molecule has 0 aliphatic heterocycles. The van der Waals surface area contributed by atoms with Crippen LogP contribution in [0.15, 0.2) is 18.2 Å². The van der Waals surface area contributed by atoms with Gasteiger partial charge in [0, 0.05) is 5.56 Å². The van der Waals surface area contributed by atoms with E-state index in [2.05, 4.69) is 0 Å². The molecular formula is C13H19F3NO4P. The second kappa shape index (κ2) is 7.46. The van der Waals surface area contributed by atoms with Crippen LogP contribution in [-0.2, 0) is 19.8 Å². The fraction of sp³-hybridized carbons (Fsp3) is 0.538. The highest BCUT2D eigenvalue weighted by Crippen LogP contribution is 2.59. The topological polar surface area (TPSA) is 70.8 Å². The van der Waals surface area contributed by atoms with Gasteiger partial charge in [-0.1, -0.05) is 6.07 Å². The molecule has 5 nitrogen and oxygen atoms in total. The van der Waals surface area contributed by atoms with Crippen molar-refractivity contribution in [3.63, 3.8) is 0 Å². The summed E-state index contributed by atoms with van der Waals surface area (Å²) in [6.07, 6.45) is -4.51. The minimum absolute atomic E-state index is 0.0912. The van der Waals surface area contributed by atoms with Crippen molar-refractivity contribution in [2.75, 3.05) is 20.3 Å². The second-order valence-electron chi connectivity index (χ2n) is 4.27. The second-order valence-corrected chi connectivity index (χ2v) is 6.43. The minimum Gasteiger partial charge on any atom is -0.496 e. The Morgan fingerprint density at radius 3 is 2.18 bits per heavy atom. The van der Waals surface area contributed by atoms with E-state index in [0.29, 0.717) is 0 Å². The molecule has 1 atom stereocenters. The van der Waals surface area contributed by atoms with Crippen LogP contribution in [0.25, 0.3) is 0 Å². The number of halogens is 3.